The number of aromatic nitrogens is 4. The van der Waals surface area contributed by atoms with Gasteiger partial charge in [0.05, 0.1) is 10.5 Å². The molecule has 0 saturated heterocycles. The third-order valence-corrected chi connectivity index (χ3v) is 5.35. The highest BCUT2D eigenvalue weighted by Gasteiger charge is 2.22. The van der Waals surface area contributed by atoms with E-state index < -0.39 is 10.0 Å². The molecule has 0 aliphatic heterocycles. The molecular formula is C18H20N6O3S. The molecule has 1 heterocycles. The van der Waals surface area contributed by atoms with E-state index in [1.165, 1.54) is 6.07 Å². The number of nitrogens with zero attached hydrogens (tertiary/aromatic N) is 4. The average molecular weight is 400 g/mol. The molecule has 10 heteroatoms. The summed E-state index contributed by atoms with van der Waals surface area (Å²) in [5, 5.41) is 19.0. The van der Waals surface area contributed by atoms with Gasteiger partial charge in [-0.2, -0.15) is 5.21 Å². The number of primary sulfonamides is 1. The Labute approximate surface area is 162 Å². The minimum atomic E-state index is -4.01. The summed E-state index contributed by atoms with van der Waals surface area (Å²) in [6.07, 6.45) is 0. The normalized spacial score (nSPS) is 11.4. The molecule has 9 nitrogen and oxygen atoms in total. The predicted molar refractivity (Wildman–Crippen MR) is 104 cm³/mol. The van der Waals surface area contributed by atoms with Crippen molar-refractivity contribution in [3.63, 3.8) is 0 Å². The van der Waals surface area contributed by atoms with E-state index in [4.69, 9.17) is 5.14 Å². The number of aromatic amines is 1. The number of carbonyl (C=O) groups is 1. The first kappa shape index (κ1) is 19.6. The summed E-state index contributed by atoms with van der Waals surface area (Å²) < 4.78 is 24.1. The Balaban J connectivity index is 2.11. The number of tetrazole rings is 1. The van der Waals surface area contributed by atoms with Gasteiger partial charge < -0.3 is 4.90 Å². The summed E-state index contributed by atoms with van der Waals surface area (Å²) in [6, 6.07) is 11.6. The molecule has 1 amide bonds. The Morgan fingerprint density at radius 1 is 1.11 bits per heavy atom. The molecule has 0 radical (unpaired) electrons. The molecule has 0 bridgehead atoms. The maximum absolute atomic E-state index is 12.5. The van der Waals surface area contributed by atoms with E-state index in [2.05, 4.69) is 20.6 Å². The molecule has 3 aromatic rings. The molecule has 1 aromatic heterocycles. The highest BCUT2D eigenvalue weighted by Crippen LogP contribution is 2.34. The fourth-order valence-electron chi connectivity index (χ4n) is 2.99. The molecule has 0 atom stereocenters. The standard InChI is InChI=1S/C18H20N6O3S/c1-3-24(4-2)18(25)13-10-8-12(9-11-13)14-6-5-7-15(28(19,26)27)16(14)17-20-22-23-21-17/h5-11H,3-4H2,1-2H3,(H2,19,26,27)(H,20,21,22,23). The van der Waals surface area contributed by atoms with Crippen LogP contribution in [0.5, 0.6) is 0 Å². The zero-order chi connectivity index (χ0) is 20.3. The molecular weight excluding hydrogens is 380 g/mol. The van der Waals surface area contributed by atoms with Crippen molar-refractivity contribution in [2.24, 2.45) is 5.14 Å². The number of hydrogen-bond acceptors (Lipinski definition) is 6. The topological polar surface area (TPSA) is 135 Å². The number of rotatable bonds is 6. The van der Waals surface area contributed by atoms with Gasteiger partial charge in [-0.15, -0.1) is 10.2 Å². The predicted octanol–water partition coefficient (Wildman–Crippen LogP) is 1.66. The van der Waals surface area contributed by atoms with Crippen LogP contribution in [0.4, 0.5) is 0 Å². The third-order valence-electron chi connectivity index (χ3n) is 4.40. The van der Waals surface area contributed by atoms with Crippen LogP contribution in [0, 0.1) is 0 Å². The van der Waals surface area contributed by atoms with E-state index in [0.29, 0.717) is 29.8 Å². The molecule has 3 rings (SSSR count). The van der Waals surface area contributed by atoms with Crippen molar-refractivity contribution < 1.29 is 13.2 Å². The second kappa shape index (κ2) is 7.87. The minimum absolute atomic E-state index is 0.0618. The summed E-state index contributed by atoms with van der Waals surface area (Å²) in [4.78, 5) is 14.1. The lowest BCUT2D eigenvalue weighted by molar-refractivity contribution is 0.0773. The molecule has 0 aliphatic carbocycles. The number of carbonyl (C=O) groups excluding carboxylic acids is 1. The second-order valence-corrected chi connectivity index (χ2v) is 7.54. The first-order chi connectivity index (χ1) is 13.4. The van der Waals surface area contributed by atoms with Gasteiger partial charge in [0.1, 0.15) is 0 Å². The van der Waals surface area contributed by atoms with E-state index >= 15 is 0 Å². The Kier molecular flexibility index (Phi) is 5.52. The average Bonchev–Trinajstić information content (AvgIpc) is 3.22. The van der Waals surface area contributed by atoms with Gasteiger partial charge in [-0.05, 0) is 48.4 Å². The zero-order valence-corrected chi connectivity index (χ0v) is 16.3. The molecule has 146 valence electrons. The highest BCUT2D eigenvalue weighted by molar-refractivity contribution is 7.89. The Hall–Kier alpha value is -3.11. The SMILES string of the molecule is CCN(CC)C(=O)c1ccc(-c2cccc(S(N)(=O)=O)c2-c2nn[nH]n2)cc1. The van der Waals surface area contributed by atoms with E-state index in [9.17, 15) is 13.2 Å². The van der Waals surface area contributed by atoms with Gasteiger partial charge in [0.15, 0.2) is 0 Å². The summed E-state index contributed by atoms with van der Waals surface area (Å²) in [7, 11) is -4.01. The van der Waals surface area contributed by atoms with Gasteiger partial charge in [-0.1, -0.05) is 24.3 Å². The number of benzene rings is 2. The maximum Gasteiger partial charge on any atom is 0.253 e. The van der Waals surface area contributed by atoms with E-state index in [1.54, 1.807) is 41.3 Å². The third kappa shape index (κ3) is 3.78. The maximum atomic E-state index is 12.5. The van der Waals surface area contributed by atoms with Crippen molar-refractivity contribution in [2.75, 3.05) is 13.1 Å². The second-order valence-electron chi connectivity index (χ2n) is 6.01. The molecule has 0 saturated carbocycles. The van der Waals surface area contributed by atoms with Crippen molar-refractivity contribution >= 4 is 15.9 Å². The monoisotopic (exact) mass is 400 g/mol. The Bertz CT molecular complexity index is 1080. The molecule has 2 aromatic carbocycles. The highest BCUT2D eigenvalue weighted by atomic mass is 32.2. The van der Waals surface area contributed by atoms with Crippen LogP contribution in [-0.2, 0) is 10.0 Å². The van der Waals surface area contributed by atoms with Crippen LogP contribution in [0.1, 0.15) is 24.2 Å². The first-order valence-electron chi connectivity index (χ1n) is 8.66. The van der Waals surface area contributed by atoms with Gasteiger partial charge in [-0.25, -0.2) is 13.6 Å². The van der Waals surface area contributed by atoms with Crippen molar-refractivity contribution in [1.29, 1.82) is 0 Å². The van der Waals surface area contributed by atoms with E-state index in [-0.39, 0.29) is 22.2 Å². The summed E-state index contributed by atoms with van der Waals surface area (Å²) in [5.41, 5.74) is 2.06. The number of hydrogen-bond donors (Lipinski definition) is 2. The van der Waals surface area contributed by atoms with Gasteiger partial charge in [0.2, 0.25) is 15.8 Å². The number of nitrogens with two attached hydrogens (primary N) is 1. The number of nitrogens with one attached hydrogen (secondary N) is 1. The largest absolute Gasteiger partial charge is 0.339 e. The summed E-state index contributed by atoms with van der Waals surface area (Å²) >= 11 is 0. The van der Waals surface area contributed by atoms with Crippen LogP contribution in [0.3, 0.4) is 0 Å². The van der Waals surface area contributed by atoms with Crippen LogP contribution in [0.2, 0.25) is 0 Å². The minimum Gasteiger partial charge on any atom is -0.339 e. The molecule has 0 spiro atoms. The van der Waals surface area contributed by atoms with Crippen LogP contribution in [0.25, 0.3) is 22.5 Å². The smallest absolute Gasteiger partial charge is 0.253 e. The summed E-state index contributed by atoms with van der Waals surface area (Å²) in [5.74, 6) is 0.0520. The fraction of sp³-hybridized carbons (Fsp3) is 0.222. The van der Waals surface area contributed by atoms with Crippen molar-refractivity contribution in [2.45, 2.75) is 18.7 Å². The van der Waals surface area contributed by atoms with Crippen molar-refractivity contribution in [3.8, 4) is 22.5 Å². The van der Waals surface area contributed by atoms with Gasteiger partial charge in [0, 0.05) is 18.7 Å². The number of sulfonamides is 1. The van der Waals surface area contributed by atoms with Crippen LogP contribution in [0.15, 0.2) is 47.4 Å². The zero-order valence-electron chi connectivity index (χ0n) is 15.5. The van der Waals surface area contributed by atoms with Gasteiger partial charge >= 0.3 is 0 Å². The van der Waals surface area contributed by atoms with Gasteiger partial charge in [0.25, 0.3) is 5.91 Å². The Morgan fingerprint density at radius 3 is 2.32 bits per heavy atom. The van der Waals surface area contributed by atoms with Gasteiger partial charge in [-0.3, -0.25) is 4.79 Å². The molecule has 0 aliphatic rings. The Morgan fingerprint density at radius 2 is 1.79 bits per heavy atom. The van der Waals surface area contributed by atoms with Crippen LogP contribution < -0.4 is 5.14 Å². The number of amides is 1. The van der Waals surface area contributed by atoms with Crippen LogP contribution in [-0.4, -0.2) is 52.9 Å². The lowest BCUT2D eigenvalue weighted by Gasteiger charge is -2.19. The van der Waals surface area contributed by atoms with E-state index in [1.807, 2.05) is 13.8 Å². The van der Waals surface area contributed by atoms with E-state index in [0.717, 1.165) is 0 Å². The fourth-order valence-corrected chi connectivity index (χ4v) is 3.75. The summed E-state index contributed by atoms with van der Waals surface area (Å²) in [6.45, 7) is 5.09. The quantitative estimate of drug-likeness (QED) is 0.646. The lowest BCUT2D eigenvalue weighted by Crippen LogP contribution is -2.30. The molecule has 0 unspecified atom stereocenters. The molecule has 0 fully saturated rings. The first-order valence-corrected chi connectivity index (χ1v) is 10.2. The van der Waals surface area contributed by atoms with Crippen LogP contribution >= 0.6 is 0 Å². The lowest BCUT2D eigenvalue weighted by atomic mass is 9.98. The number of H-pyrrole nitrogens is 1. The molecule has 28 heavy (non-hydrogen) atoms. The van der Waals surface area contributed by atoms with Crippen molar-refractivity contribution in [1.82, 2.24) is 25.5 Å². The van der Waals surface area contributed by atoms with Crippen molar-refractivity contribution in [3.05, 3.63) is 48.0 Å². The molecule has 3 N–H and O–H groups in total.